The van der Waals surface area contributed by atoms with Gasteiger partial charge in [-0.2, -0.15) is 0 Å². The van der Waals surface area contributed by atoms with Gasteiger partial charge < -0.3 is 9.84 Å². The van der Waals surface area contributed by atoms with E-state index in [9.17, 15) is 9.59 Å². The SMILES string of the molecule is COC(=O)C1CCC[C@@H](C(=O)O)C1. The minimum Gasteiger partial charge on any atom is -0.481 e. The fraction of sp³-hybridized carbons (Fsp3) is 0.778. The normalized spacial score (nSPS) is 28.1. The summed E-state index contributed by atoms with van der Waals surface area (Å²) in [5.74, 6) is -1.64. The highest BCUT2D eigenvalue weighted by molar-refractivity contribution is 5.75. The van der Waals surface area contributed by atoms with Crippen LogP contribution in [0.1, 0.15) is 25.7 Å². The minimum absolute atomic E-state index is 0.208. The maximum Gasteiger partial charge on any atom is 0.308 e. The zero-order valence-electron chi connectivity index (χ0n) is 7.66. The highest BCUT2D eigenvalue weighted by Gasteiger charge is 2.31. The monoisotopic (exact) mass is 186 g/mol. The van der Waals surface area contributed by atoms with Crippen molar-refractivity contribution in [3.8, 4) is 0 Å². The lowest BCUT2D eigenvalue weighted by atomic mass is 9.81. The third kappa shape index (κ3) is 2.44. The average Bonchev–Trinajstić information content (AvgIpc) is 2.17. The largest absolute Gasteiger partial charge is 0.481 e. The van der Waals surface area contributed by atoms with Crippen LogP contribution in [-0.2, 0) is 14.3 Å². The van der Waals surface area contributed by atoms with Crippen molar-refractivity contribution < 1.29 is 19.4 Å². The highest BCUT2D eigenvalue weighted by Crippen LogP contribution is 2.29. The molecule has 0 saturated heterocycles. The van der Waals surface area contributed by atoms with Crippen LogP contribution in [0.5, 0.6) is 0 Å². The third-order valence-electron chi connectivity index (χ3n) is 2.56. The standard InChI is InChI=1S/C9H14O4/c1-13-9(12)7-4-2-3-6(5-7)8(10)11/h6-7H,2-5H2,1H3,(H,10,11)/t6-,7?/m1/s1. The first-order chi connectivity index (χ1) is 6.15. The second kappa shape index (κ2) is 4.25. The number of hydrogen-bond donors (Lipinski definition) is 1. The summed E-state index contributed by atoms with van der Waals surface area (Å²) in [6, 6.07) is 0. The maximum absolute atomic E-state index is 11.1. The Hall–Kier alpha value is -1.06. The average molecular weight is 186 g/mol. The Kier molecular flexibility index (Phi) is 3.28. The Bertz CT molecular complexity index is 212. The minimum atomic E-state index is -0.798. The van der Waals surface area contributed by atoms with E-state index in [1.165, 1.54) is 7.11 Å². The second-order valence-electron chi connectivity index (χ2n) is 3.42. The fourth-order valence-corrected chi connectivity index (χ4v) is 1.79. The molecule has 1 aliphatic rings. The van der Waals surface area contributed by atoms with Gasteiger partial charge in [0.2, 0.25) is 0 Å². The van der Waals surface area contributed by atoms with Crippen molar-refractivity contribution in [3.05, 3.63) is 0 Å². The molecule has 0 spiro atoms. The summed E-state index contributed by atoms with van der Waals surface area (Å²) >= 11 is 0. The van der Waals surface area contributed by atoms with E-state index < -0.39 is 5.97 Å². The van der Waals surface area contributed by atoms with Crippen LogP contribution in [0.2, 0.25) is 0 Å². The van der Waals surface area contributed by atoms with Crippen molar-refractivity contribution in [2.45, 2.75) is 25.7 Å². The number of carboxylic acid groups (broad SMARTS) is 1. The first kappa shape index (κ1) is 10.0. The molecule has 2 atom stereocenters. The Morgan fingerprint density at radius 2 is 1.92 bits per heavy atom. The number of ether oxygens (including phenoxy) is 1. The first-order valence-electron chi connectivity index (χ1n) is 4.45. The van der Waals surface area contributed by atoms with Crippen LogP contribution in [0.3, 0.4) is 0 Å². The van der Waals surface area contributed by atoms with E-state index in [1.54, 1.807) is 0 Å². The van der Waals surface area contributed by atoms with Crippen molar-refractivity contribution in [1.82, 2.24) is 0 Å². The Morgan fingerprint density at radius 3 is 2.46 bits per heavy atom. The molecule has 1 rings (SSSR count). The van der Waals surface area contributed by atoms with Gasteiger partial charge in [0.25, 0.3) is 0 Å². The molecular weight excluding hydrogens is 172 g/mol. The van der Waals surface area contributed by atoms with E-state index in [-0.39, 0.29) is 17.8 Å². The Balaban J connectivity index is 2.51. The number of carbonyl (C=O) groups excluding carboxylic acids is 1. The molecule has 0 amide bonds. The zero-order chi connectivity index (χ0) is 9.84. The van der Waals surface area contributed by atoms with Gasteiger partial charge in [0, 0.05) is 0 Å². The summed E-state index contributed by atoms with van der Waals surface area (Å²) in [7, 11) is 1.34. The van der Waals surface area contributed by atoms with Gasteiger partial charge in [-0.1, -0.05) is 6.42 Å². The van der Waals surface area contributed by atoms with Crippen LogP contribution >= 0.6 is 0 Å². The Labute approximate surface area is 76.9 Å². The summed E-state index contributed by atoms with van der Waals surface area (Å²) in [4.78, 5) is 21.8. The molecule has 0 aromatic carbocycles. The first-order valence-corrected chi connectivity index (χ1v) is 4.45. The molecule has 1 unspecified atom stereocenters. The van der Waals surface area contributed by atoms with Gasteiger partial charge in [0.05, 0.1) is 18.9 Å². The van der Waals surface area contributed by atoms with E-state index in [1.807, 2.05) is 0 Å². The van der Waals surface area contributed by atoms with Gasteiger partial charge >= 0.3 is 11.9 Å². The summed E-state index contributed by atoms with van der Waals surface area (Å²) in [6.45, 7) is 0. The van der Waals surface area contributed by atoms with Crippen molar-refractivity contribution in [2.75, 3.05) is 7.11 Å². The van der Waals surface area contributed by atoms with E-state index in [0.29, 0.717) is 12.8 Å². The lowest BCUT2D eigenvalue weighted by Crippen LogP contribution is -2.27. The van der Waals surface area contributed by atoms with Crippen LogP contribution in [0.25, 0.3) is 0 Å². The van der Waals surface area contributed by atoms with Crippen LogP contribution in [0.15, 0.2) is 0 Å². The molecule has 0 aromatic rings. The van der Waals surface area contributed by atoms with Crippen molar-refractivity contribution in [2.24, 2.45) is 11.8 Å². The number of carboxylic acids is 1. The van der Waals surface area contributed by atoms with Crippen molar-refractivity contribution in [3.63, 3.8) is 0 Å². The van der Waals surface area contributed by atoms with Crippen LogP contribution in [0.4, 0.5) is 0 Å². The molecule has 0 aliphatic heterocycles. The van der Waals surface area contributed by atoms with Gasteiger partial charge in [0.1, 0.15) is 0 Å². The van der Waals surface area contributed by atoms with Gasteiger partial charge in [0.15, 0.2) is 0 Å². The molecule has 0 bridgehead atoms. The maximum atomic E-state index is 11.1. The zero-order valence-corrected chi connectivity index (χ0v) is 7.66. The number of rotatable bonds is 2. The van der Waals surface area contributed by atoms with Gasteiger partial charge in [-0.05, 0) is 19.3 Å². The molecular formula is C9H14O4. The quantitative estimate of drug-likeness (QED) is 0.655. The molecule has 74 valence electrons. The number of esters is 1. The molecule has 0 radical (unpaired) electrons. The number of aliphatic carboxylic acids is 1. The molecule has 1 N–H and O–H groups in total. The third-order valence-corrected chi connectivity index (χ3v) is 2.56. The molecule has 0 aromatic heterocycles. The van der Waals surface area contributed by atoms with Crippen LogP contribution in [-0.4, -0.2) is 24.2 Å². The van der Waals surface area contributed by atoms with E-state index in [4.69, 9.17) is 5.11 Å². The molecule has 1 fully saturated rings. The van der Waals surface area contributed by atoms with Gasteiger partial charge in [-0.3, -0.25) is 9.59 Å². The molecule has 13 heavy (non-hydrogen) atoms. The molecule has 1 aliphatic carbocycles. The van der Waals surface area contributed by atoms with Gasteiger partial charge in [-0.25, -0.2) is 0 Å². The van der Waals surface area contributed by atoms with E-state index >= 15 is 0 Å². The van der Waals surface area contributed by atoms with Crippen LogP contribution < -0.4 is 0 Å². The molecule has 0 heterocycles. The predicted molar refractivity (Wildman–Crippen MR) is 45.1 cm³/mol. The second-order valence-corrected chi connectivity index (χ2v) is 3.42. The summed E-state index contributed by atoms with van der Waals surface area (Å²) < 4.78 is 4.59. The molecule has 4 heteroatoms. The van der Waals surface area contributed by atoms with E-state index in [2.05, 4.69) is 4.74 Å². The topological polar surface area (TPSA) is 63.6 Å². The number of carbonyl (C=O) groups is 2. The summed E-state index contributed by atoms with van der Waals surface area (Å²) in [5.41, 5.74) is 0. The number of hydrogen-bond acceptors (Lipinski definition) is 3. The van der Waals surface area contributed by atoms with E-state index in [0.717, 1.165) is 12.8 Å². The molecule has 4 nitrogen and oxygen atoms in total. The van der Waals surface area contributed by atoms with Crippen molar-refractivity contribution >= 4 is 11.9 Å². The van der Waals surface area contributed by atoms with Crippen LogP contribution in [0, 0.1) is 11.8 Å². The predicted octanol–water partition coefficient (Wildman–Crippen LogP) is 1.05. The smallest absolute Gasteiger partial charge is 0.308 e. The lowest BCUT2D eigenvalue weighted by molar-refractivity contribution is -0.150. The summed E-state index contributed by atoms with van der Waals surface area (Å²) in [5, 5.41) is 8.76. The molecule has 1 saturated carbocycles. The number of methoxy groups -OCH3 is 1. The van der Waals surface area contributed by atoms with Crippen molar-refractivity contribution in [1.29, 1.82) is 0 Å². The summed E-state index contributed by atoms with van der Waals surface area (Å²) in [6.07, 6.45) is 2.68. The lowest BCUT2D eigenvalue weighted by Gasteiger charge is -2.24. The fourth-order valence-electron chi connectivity index (χ4n) is 1.79. The highest BCUT2D eigenvalue weighted by atomic mass is 16.5. The Morgan fingerprint density at radius 1 is 1.31 bits per heavy atom. The van der Waals surface area contributed by atoms with Gasteiger partial charge in [-0.15, -0.1) is 0 Å².